The highest BCUT2D eigenvalue weighted by Gasteiger charge is 2.15. The second-order valence-electron chi connectivity index (χ2n) is 7.00. The Morgan fingerprint density at radius 1 is 0.786 bits per heavy atom. The minimum atomic E-state index is 0.707. The van der Waals surface area contributed by atoms with Crippen LogP contribution in [0.1, 0.15) is 0 Å². The minimum Gasteiger partial charge on any atom is -0.493 e. The Hall–Kier alpha value is -2.99. The van der Waals surface area contributed by atoms with Crippen LogP contribution in [0, 0.1) is 0 Å². The van der Waals surface area contributed by atoms with Gasteiger partial charge < -0.3 is 19.3 Å². The zero-order valence-corrected chi connectivity index (χ0v) is 16.6. The number of hydrogen-bond donors (Lipinski definition) is 0. The van der Waals surface area contributed by atoms with Crippen molar-refractivity contribution in [2.45, 2.75) is 0 Å². The summed E-state index contributed by atoms with van der Waals surface area (Å²) in [7, 11) is 5.47. The summed E-state index contributed by atoms with van der Waals surface area (Å²) >= 11 is 0. The van der Waals surface area contributed by atoms with Gasteiger partial charge >= 0.3 is 0 Å². The fourth-order valence-electron chi connectivity index (χ4n) is 3.59. The van der Waals surface area contributed by atoms with Gasteiger partial charge in [0, 0.05) is 37.4 Å². The molecule has 0 N–H and O–H groups in total. The smallest absolute Gasteiger partial charge is 0.161 e. The summed E-state index contributed by atoms with van der Waals surface area (Å²) in [5.74, 6) is 1.42. The molecule has 6 heteroatoms. The van der Waals surface area contributed by atoms with Crippen molar-refractivity contribution in [2.75, 3.05) is 52.3 Å². The molecule has 0 radical (unpaired) electrons. The lowest BCUT2D eigenvalue weighted by molar-refractivity contribution is 0.313. The fourth-order valence-corrected chi connectivity index (χ4v) is 3.59. The summed E-state index contributed by atoms with van der Waals surface area (Å²) in [6.45, 7) is 4.33. The Morgan fingerprint density at radius 2 is 1.46 bits per heavy atom. The average Bonchev–Trinajstić information content (AvgIpc) is 3.24. The number of anilines is 1. The molecule has 0 unspecified atom stereocenters. The largest absolute Gasteiger partial charge is 0.493 e. The summed E-state index contributed by atoms with van der Waals surface area (Å²) in [4.78, 5) is 4.80. The second-order valence-corrected chi connectivity index (χ2v) is 7.00. The molecule has 2 heterocycles. The maximum absolute atomic E-state index is 5.45. The van der Waals surface area contributed by atoms with Gasteiger partial charge in [-0.3, -0.25) is 0 Å². The molecule has 0 atom stereocenters. The third-order valence-corrected chi connectivity index (χ3v) is 5.28. The predicted octanol–water partition coefficient (Wildman–Crippen LogP) is 3.31. The molecular weight excluding hydrogens is 352 g/mol. The Kier molecular flexibility index (Phi) is 5.21. The molecule has 1 aliphatic rings. The van der Waals surface area contributed by atoms with E-state index in [9.17, 15) is 0 Å². The van der Waals surface area contributed by atoms with Gasteiger partial charge in [0.2, 0.25) is 0 Å². The van der Waals surface area contributed by atoms with Crippen molar-refractivity contribution in [1.82, 2.24) is 14.7 Å². The Labute approximate surface area is 165 Å². The summed E-state index contributed by atoms with van der Waals surface area (Å²) < 4.78 is 12.7. The van der Waals surface area contributed by atoms with E-state index in [0.717, 1.165) is 43.1 Å². The highest BCUT2D eigenvalue weighted by Crippen LogP contribution is 2.33. The Morgan fingerprint density at radius 3 is 2.14 bits per heavy atom. The molecule has 2 aromatic carbocycles. The number of likely N-dealkylation sites (N-methyl/N-ethyl adjacent to an activating group) is 1. The van der Waals surface area contributed by atoms with Crippen molar-refractivity contribution in [3.63, 3.8) is 0 Å². The molecule has 0 spiro atoms. The van der Waals surface area contributed by atoms with Crippen LogP contribution in [-0.2, 0) is 0 Å². The van der Waals surface area contributed by atoms with E-state index in [1.54, 1.807) is 14.2 Å². The molecule has 0 aliphatic carbocycles. The lowest BCUT2D eigenvalue weighted by Crippen LogP contribution is -2.44. The predicted molar refractivity (Wildman–Crippen MR) is 112 cm³/mol. The number of ether oxygens (including phenoxy) is 2. The van der Waals surface area contributed by atoms with Crippen molar-refractivity contribution in [2.24, 2.45) is 0 Å². The van der Waals surface area contributed by atoms with Gasteiger partial charge in [-0.05, 0) is 55.6 Å². The first kappa shape index (κ1) is 18.4. The molecular formula is C22H26N4O2. The van der Waals surface area contributed by atoms with E-state index in [2.05, 4.69) is 46.2 Å². The van der Waals surface area contributed by atoms with Crippen LogP contribution in [0.4, 0.5) is 5.69 Å². The van der Waals surface area contributed by atoms with E-state index in [0.29, 0.717) is 11.5 Å². The van der Waals surface area contributed by atoms with Crippen LogP contribution in [-0.4, -0.2) is 62.1 Å². The summed E-state index contributed by atoms with van der Waals surface area (Å²) in [5, 5.41) is 4.54. The van der Waals surface area contributed by atoms with E-state index in [4.69, 9.17) is 9.47 Å². The van der Waals surface area contributed by atoms with Gasteiger partial charge in [-0.15, -0.1) is 0 Å². The maximum atomic E-state index is 5.45. The van der Waals surface area contributed by atoms with Crippen molar-refractivity contribution in [1.29, 1.82) is 0 Å². The number of piperazine rings is 1. The zero-order chi connectivity index (χ0) is 19.5. The topological polar surface area (TPSA) is 42.8 Å². The number of benzene rings is 2. The van der Waals surface area contributed by atoms with Crippen molar-refractivity contribution < 1.29 is 9.47 Å². The number of methoxy groups -OCH3 is 2. The van der Waals surface area contributed by atoms with Gasteiger partial charge in [0.05, 0.1) is 31.8 Å². The summed E-state index contributed by atoms with van der Waals surface area (Å²) in [6.07, 6.45) is 1.82. The highest BCUT2D eigenvalue weighted by atomic mass is 16.5. The number of hydrogen-bond acceptors (Lipinski definition) is 5. The average molecular weight is 378 g/mol. The van der Waals surface area contributed by atoms with Crippen molar-refractivity contribution in [3.05, 3.63) is 54.7 Å². The summed E-state index contributed by atoms with van der Waals surface area (Å²) in [5.41, 5.74) is 4.33. The molecule has 28 heavy (non-hydrogen) atoms. The molecule has 1 saturated heterocycles. The van der Waals surface area contributed by atoms with Gasteiger partial charge in [0.25, 0.3) is 0 Å². The minimum absolute atomic E-state index is 0.707. The SMILES string of the molecule is COc1ccc(-c2ccnn2-c2ccc(N3CCN(C)CC3)cc2)cc1OC. The lowest BCUT2D eigenvalue weighted by atomic mass is 10.1. The number of rotatable bonds is 5. The molecule has 0 amide bonds. The first-order chi connectivity index (χ1) is 13.7. The van der Waals surface area contributed by atoms with Crippen LogP contribution in [0.3, 0.4) is 0 Å². The third kappa shape index (κ3) is 3.55. The van der Waals surface area contributed by atoms with E-state index in [1.165, 1.54) is 5.69 Å². The van der Waals surface area contributed by atoms with Crippen LogP contribution in [0.2, 0.25) is 0 Å². The van der Waals surface area contributed by atoms with E-state index >= 15 is 0 Å². The standard InChI is InChI=1S/C22H26N4O2/c1-24-12-14-25(15-13-24)18-5-7-19(8-6-18)26-20(10-11-23-26)17-4-9-21(27-2)22(16-17)28-3/h4-11,16H,12-15H2,1-3H3. The molecule has 1 aromatic heterocycles. The van der Waals surface area contributed by atoms with E-state index < -0.39 is 0 Å². The van der Waals surface area contributed by atoms with E-state index in [1.807, 2.05) is 35.1 Å². The first-order valence-corrected chi connectivity index (χ1v) is 9.50. The molecule has 4 rings (SSSR count). The van der Waals surface area contributed by atoms with Gasteiger partial charge in [-0.2, -0.15) is 5.10 Å². The second kappa shape index (κ2) is 7.94. The van der Waals surface area contributed by atoms with Gasteiger partial charge in [-0.1, -0.05) is 0 Å². The molecule has 1 fully saturated rings. The van der Waals surface area contributed by atoms with Crippen LogP contribution in [0.5, 0.6) is 11.5 Å². The highest BCUT2D eigenvalue weighted by molar-refractivity contribution is 5.66. The Bertz CT molecular complexity index is 928. The summed E-state index contributed by atoms with van der Waals surface area (Å²) in [6, 6.07) is 16.5. The van der Waals surface area contributed by atoms with E-state index in [-0.39, 0.29) is 0 Å². The van der Waals surface area contributed by atoms with Crippen LogP contribution in [0.15, 0.2) is 54.7 Å². The molecule has 146 valence electrons. The third-order valence-electron chi connectivity index (χ3n) is 5.28. The maximum Gasteiger partial charge on any atom is 0.161 e. The van der Waals surface area contributed by atoms with Crippen molar-refractivity contribution in [3.8, 4) is 28.4 Å². The zero-order valence-electron chi connectivity index (χ0n) is 16.6. The molecule has 0 saturated carbocycles. The van der Waals surface area contributed by atoms with Gasteiger partial charge in [0.1, 0.15) is 0 Å². The number of aromatic nitrogens is 2. The Balaban J connectivity index is 1.61. The number of nitrogens with zero attached hydrogens (tertiary/aromatic N) is 4. The normalized spacial score (nSPS) is 14.9. The molecule has 0 bridgehead atoms. The quantitative estimate of drug-likeness (QED) is 0.681. The van der Waals surface area contributed by atoms with Gasteiger partial charge in [0.15, 0.2) is 11.5 Å². The van der Waals surface area contributed by atoms with Gasteiger partial charge in [-0.25, -0.2) is 4.68 Å². The lowest BCUT2D eigenvalue weighted by Gasteiger charge is -2.34. The fraction of sp³-hybridized carbons (Fsp3) is 0.318. The molecule has 6 nitrogen and oxygen atoms in total. The monoisotopic (exact) mass is 378 g/mol. The van der Waals surface area contributed by atoms with Crippen LogP contribution < -0.4 is 14.4 Å². The van der Waals surface area contributed by atoms with Crippen molar-refractivity contribution >= 4 is 5.69 Å². The van der Waals surface area contributed by atoms with Crippen LogP contribution in [0.25, 0.3) is 16.9 Å². The first-order valence-electron chi connectivity index (χ1n) is 9.50. The molecule has 1 aliphatic heterocycles. The van der Waals surface area contributed by atoms with Crippen LogP contribution >= 0.6 is 0 Å². The molecule has 3 aromatic rings.